The lowest BCUT2D eigenvalue weighted by atomic mass is 9.86. The summed E-state index contributed by atoms with van der Waals surface area (Å²) in [6, 6.07) is 0. The van der Waals surface area contributed by atoms with E-state index in [1.807, 2.05) is 0 Å². The molecule has 2 rings (SSSR count). The summed E-state index contributed by atoms with van der Waals surface area (Å²) in [5, 5.41) is 9.05. The van der Waals surface area contributed by atoms with Crippen molar-refractivity contribution in [2.24, 2.45) is 5.41 Å². The molecular weight excluding hydrogens is 228 g/mol. The first-order valence-corrected chi connectivity index (χ1v) is 7.67. The molecule has 1 N–H and O–H groups in total. The van der Waals surface area contributed by atoms with E-state index in [4.69, 9.17) is 14.6 Å². The van der Waals surface area contributed by atoms with Gasteiger partial charge in [0.25, 0.3) is 0 Å². The smallest absolute Gasteiger partial charge is 0.174 e. The van der Waals surface area contributed by atoms with E-state index < -0.39 is 0 Å². The van der Waals surface area contributed by atoms with Crippen LogP contribution in [0, 0.1) is 5.41 Å². The average molecular weight is 256 g/mol. The molecule has 2 fully saturated rings. The highest BCUT2D eigenvalue weighted by Crippen LogP contribution is 2.61. The van der Waals surface area contributed by atoms with Gasteiger partial charge < -0.3 is 14.6 Å². The molecule has 1 saturated carbocycles. The van der Waals surface area contributed by atoms with Gasteiger partial charge in [0.1, 0.15) is 0 Å². The first-order valence-electron chi connectivity index (χ1n) is 7.67. The summed E-state index contributed by atoms with van der Waals surface area (Å²) in [7, 11) is 0. The lowest BCUT2D eigenvalue weighted by molar-refractivity contribution is -0.214. The van der Waals surface area contributed by atoms with Gasteiger partial charge in [-0.25, -0.2) is 0 Å². The summed E-state index contributed by atoms with van der Waals surface area (Å²) < 4.78 is 12.1. The standard InChI is InChI=1S/C15H28O3/c1-2-3-4-5-8-15(17-12-13-18-15)14(9-10-14)7-6-11-16/h16H,2-13H2,1H3. The molecule has 0 atom stereocenters. The third-order valence-electron chi connectivity index (χ3n) is 4.59. The Balaban J connectivity index is 1.89. The molecule has 0 aromatic rings. The zero-order valence-corrected chi connectivity index (χ0v) is 11.7. The second kappa shape index (κ2) is 6.36. The zero-order chi connectivity index (χ0) is 12.9. The fourth-order valence-electron chi connectivity index (χ4n) is 3.34. The van der Waals surface area contributed by atoms with E-state index in [9.17, 15) is 0 Å². The number of hydrogen-bond donors (Lipinski definition) is 1. The van der Waals surface area contributed by atoms with E-state index in [2.05, 4.69) is 6.92 Å². The van der Waals surface area contributed by atoms with Crippen molar-refractivity contribution >= 4 is 0 Å². The van der Waals surface area contributed by atoms with Crippen LogP contribution in [0.5, 0.6) is 0 Å². The molecule has 0 aromatic heterocycles. The third-order valence-corrected chi connectivity index (χ3v) is 4.59. The largest absolute Gasteiger partial charge is 0.396 e. The van der Waals surface area contributed by atoms with Crippen molar-refractivity contribution < 1.29 is 14.6 Å². The van der Waals surface area contributed by atoms with Crippen molar-refractivity contribution in [3.05, 3.63) is 0 Å². The van der Waals surface area contributed by atoms with Gasteiger partial charge >= 0.3 is 0 Å². The Labute approximate surface area is 111 Å². The number of ether oxygens (including phenoxy) is 2. The second-order valence-corrected chi connectivity index (χ2v) is 5.87. The lowest BCUT2D eigenvalue weighted by Gasteiger charge is -2.36. The average Bonchev–Trinajstić information content (AvgIpc) is 3.04. The zero-order valence-electron chi connectivity index (χ0n) is 11.7. The van der Waals surface area contributed by atoms with Crippen LogP contribution < -0.4 is 0 Å². The first kappa shape index (κ1) is 14.3. The predicted octanol–water partition coefficient (Wildman–Crippen LogP) is 3.25. The molecule has 0 spiro atoms. The van der Waals surface area contributed by atoms with Gasteiger partial charge in [0.15, 0.2) is 5.79 Å². The molecule has 1 heterocycles. The van der Waals surface area contributed by atoms with Gasteiger partial charge in [-0.05, 0) is 32.1 Å². The van der Waals surface area contributed by atoms with E-state index >= 15 is 0 Å². The fourth-order valence-corrected chi connectivity index (χ4v) is 3.34. The molecule has 0 unspecified atom stereocenters. The Morgan fingerprint density at radius 1 is 0.944 bits per heavy atom. The summed E-state index contributed by atoms with van der Waals surface area (Å²) in [6.45, 7) is 4.01. The molecule has 2 aliphatic rings. The van der Waals surface area contributed by atoms with Crippen LogP contribution in [0.25, 0.3) is 0 Å². The van der Waals surface area contributed by atoms with Crippen LogP contribution in [0.2, 0.25) is 0 Å². The Hall–Kier alpha value is -0.120. The van der Waals surface area contributed by atoms with Gasteiger partial charge in [-0.2, -0.15) is 0 Å². The van der Waals surface area contributed by atoms with Crippen molar-refractivity contribution in [2.45, 2.75) is 70.5 Å². The van der Waals surface area contributed by atoms with Gasteiger partial charge in [-0.15, -0.1) is 0 Å². The van der Waals surface area contributed by atoms with Gasteiger partial charge in [0, 0.05) is 18.4 Å². The maximum absolute atomic E-state index is 9.05. The Morgan fingerprint density at radius 3 is 2.22 bits per heavy atom. The van der Waals surface area contributed by atoms with Gasteiger partial charge in [0.05, 0.1) is 13.2 Å². The number of rotatable bonds is 9. The summed E-state index contributed by atoms with van der Waals surface area (Å²) in [6.07, 6.45) is 10.4. The minimum Gasteiger partial charge on any atom is -0.396 e. The summed E-state index contributed by atoms with van der Waals surface area (Å²) in [5.74, 6) is -0.310. The monoisotopic (exact) mass is 256 g/mol. The molecule has 3 heteroatoms. The van der Waals surface area contributed by atoms with Crippen molar-refractivity contribution in [1.82, 2.24) is 0 Å². The van der Waals surface area contributed by atoms with Gasteiger partial charge in [-0.3, -0.25) is 0 Å². The van der Waals surface area contributed by atoms with Crippen LogP contribution in [-0.2, 0) is 9.47 Å². The lowest BCUT2D eigenvalue weighted by Crippen LogP contribution is -2.41. The summed E-state index contributed by atoms with van der Waals surface area (Å²) in [4.78, 5) is 0. The van der Waals surface area contributed by atoms with Crippen LogP contribution in [-0.4, -0.2) is 30.7 Å². The maximum Gasteiger partial charge on any atom is 0.174 e. The summed E-state index contributed by atoms with van der Waals surface area (Å²) >= 11 is 0. The minimum atomic E-state index is -0.310. The Morgan fingerprint density at radius 2 is 1.67 bits per heavy atom. The normalized spacial score (nSPS) is 24.3. The molecule has 106 valence electrons. The van der Waals surface area contributed by atoms with E-state index in [0.29, 0.717) is 0 Å². The van der Waals surface area contributed by atoms with Crippen LogP contribution in [0.15, 0.2) is 0 Å². The topological polar surface area (TPSA) is 38.7 Å². The van der Waals surface area contributed by atoms with E-state index in [0.717, 1.165) is 32.5 Å². The number of hydrogen-bond acceptors (Lipinski definition) is 3. The molecule has 18 heavy (non-hydrogen) atoms. The van der Waals surface area contributed by atoms with E-state index in [1.165, 1.54) is 38.5 Å². The van der Waals surface area contributed by atoms with Crippen LogP contribution in [0.1, 0.15) is 64.7 Å². The van der Waals surface area contributed by atoms with Gasteiger partial charge in [-0.1, -0.05) is 26.2 Å². The maximum atomic E-state index is 9.05. The SMILES string of the molecule is CCCCCCC1(C2(CCCO)CC2)OCCO1. The number of unbranched alkanes of at least 4 members (excludes halogenated alkanes) is 3. The second-order valence-electron chi connectivity index (χ2n) is 5.87. The van der Waals surface area contributed by atoms with Crippen molar-refractivity contribution in [2.75, 3.05) is 19.8 Å². The number of aliphatic hydroxyl groups excluding tert-OH is 1. The molecule has 1 aliphatic carbocycles. The first-order chi connectivity index (χ1) is 8.79. The van der Waals surface area contributed by atoms with Crippen molar-refractivity contribution in [3.8, 4) is 0 Å². The molecule has 1 saturated heterocycles. The highest BCUT2D eigenvalue weighted by molar-refractivity contribution is 5.05. The summed E-state index contributed by atoms with van der Waals surface area (Å²) in [5.41, 5.74) is 0.221. The molecule has 3 nitrogen and oxygen atoms in total. The quantitative estimate of drug-likeness (QED) is 0.644. The van der Waals surface area contributed by atoms with Crippen LogP contribution in [0.3, 0.4) is 0 Å². The molecule has 0 bridgehead atoms. The highest BCUT2D eigenvalue weighted by Gasteiger charge is 2.61. The fraction of sp³-hybridized carbons (Fsp3) is 1.00. The molecule has 1 aliphatic heterocycles. The van der Waals surface area contributed by atoms with E-state index in [1.54, 1.807) is 0 Å². The molecule has 0 amide bonds. The van der Waals surface area contributed by atoms with Crippen molar-refractivity contribution in [3.63, 3.8) is 0 Å². The van der Waals surface area contributed by atoms with E-state index in [-0.39, 0.29) is 17.8 Å². The van der Waals surface area contributed by atoms with Crippen LogP contribution in [0.4, 0.5) is 0 Å². The predicted molar refractivity (Wildman–Crippen MR) is 71.4 cm³/mol. The minimum absolute atomic E-state index is 0.221. The number of aliphatic hydroxyl groups is 1. The Kier molecular flexibility index (Phi) is 5.05. The molecular formula is C15H28O3. The third kappa shape index (κ3) is 2.89. The Bertz CT molecular complexity index is 242. The molecule has 0 aromatic carbocycles. The van der Waals surface area contributed by atoms with Crippen molar-refractivity contribution in [1.29, 1.82) is 0 Å². The molecule has 0 radical (unpaired) electrons. The van der Waals surface area contributed by atoms with Crippen LogP contribution >= 0.6 is 0 Å². The highest BCUT2D eigenvalue weighted by atomic mass is 16.7. The van der Waals surface area contributed by atoms with Gasteiger partial charge in [0.2, 0.25) is 0 Å².